The molecule has 0 aromatic heterocycles. The number of hydrogen-bond acceptors (Lipinski definition) is 2. The first-order chi connectivity index (χ1) is 6.59. The molecular formula is C11H12ClNS. The summed E-state index contributed by atoms with van der Waals surface area (Å²) in [6, 6.07) is 7.55. The van der Waals surface area contributed by atoms with Crippen LogP contribution in [0.5, 0.6) is 0 Å². The number of benzene rings is 1. The maximum absolute atomic E-state index is 5.86. The highest BCUT2D eigenvalue weighted by molar-refractivity contribution is 7.81. The summed E-state index contributed by atoms with van der Waals surface area (Å²) < 4.78 is 0. The first kappa shape index (κ1) is 11.2. The Bertz CT molecular complexity index is 358. The molecule has 1 nitrogen and oxygen atoms in total. The van der Waals surface area contributed by atoms with Crippen LogP contribution in [-0.4, -0.2) is 23.9 Å². The first-order valence-corrected chi connectivity index (χ1v) is 5.03. The number of nitrogens with zero attached hydrogens (tertiary/aromatic N) is 1. The molecule has 3 heteroatoms. The van der Waals surface area contributed by atoms with E-state index < -0.39 is 0 Å². The minimum atomic E-state index is 0.711. The standard InChI is InChI=1S/C11H12ClNS/c1-13(2)7-6-11(14)9-4-3-5-10(12)8-9/h3-8H,1-2H3/b7-6+. The third-order valence-electron chi connectivity index (χ3n) is 1.63. The number of allylic oxidation sites excluding steroid dienone is 1. The summed E-state index contributed by atoms with van der Waals surface area (Å²) in [5.41, 5.74) is 0.977. The molecular weight excluding hydrogens is 214 g/mol. The van der Waals surface area contributed by atoms with Gasteiger partial charge in [-0.15, -0.1) is 0 Å². The molecule has 0 fully saturated rings. The summed E-state index contributed by atoms with van der Waals surface area (Å²) in [5, 5.41) is 0.711. The quantitative estimate of drug-likeness (QED) is 0.442. The molecule has 14 heavy (non-hydrogen) atoms. The van der Waals surface area contributed by atoms with Gasteiger partial charge in [0.1, 0.15) is 0 Å². The average molecular weight is 226 g/mol. The van der Waals surface area contributed by atoms with Crippen molar-refractivity contribution in [2.75, 3.05) is 14.1 Å². The van der Waals surface area contributed by atoms with Crippen molar-refractivity contribution in [3.05, 3.63) is 47.1 Å². The molecule has 0 saturated heterocycles. The molecule has 1 aromatic carbocycles. The normalized spacial score (nSPS) is 10.5. The van der Waals surface area contributed by atoms with Crippen LogP contribution in [0.15, 0.2) is 36.5 Å². The van der Waals surface area contributed by atoms with Crippen LogP contribution >= 0.6 is 23.8 Å². The van der Waals surface area contributed by atoms with Crippen molar-refractivity contribution in [2.24, 2.45) is 0 Å². The smallest absolute Gasteiger partial charge is 0.0464 e. The Hall–Kier alpha value is -0.860. The highest BCUT2D eigenvalue weighted by atomic mass is 35.5. The third kappa shape index (κ3) is 3.48. The fraction of sp³-hybridized carbons (Fsp3) is 0.182. The molecule has 0 heterocycles. The summed E-state index contributed by atoms with van der Waals surface area (Å²) in [5.74, 6) is 0. The Morgan fingerprint density at radius 3 is 2.71 bits per heavy atom. The Balaban J connectivity index is 2.80. The van der Waals surface area contributed by atoms with Gasteiger partial charge in [0.2, 0.25) is 0 Å². The van der Waals surface area contributed by atoms with Crippen molar-refractivity contribution in [1.29, 1.82) is 0 Å². The van der Waals surface area contributed by atoms with E-state index >= 15 is 0 Å². The lowest BCUT2D eigenvalue weighted by molar-refractivity contribution is 0.564. The number of hydrogen-bond donors (Lipinski definition) is 0. The van der Waals surface area contributed by atoms with Crippen molar-refractivity contribution < 1.29 is 0 Å². The molecule has 0 amide bonds. The average Bonchev–Trinajstić information content (AvgIpc) is 2.14. The van der Waals surface area contributed by atoms with Crippen molar-refractivity contribution in [1.82, 2.24) is 4.90 Å². The largest absolute Gasteiger partial charge is 0.383 e. The Kier molecular flexibility index (Phi) is 4.11. The van der Waals surface area contributed by atoms with E-state index in [2.05, 4.69) is 0 Å². The van der Waals surface area contributed by atoms with Crippen molar-refractivity contribution in [2.45, 2.75) is 0 Å². The first-order valence-electron chi connectivity index (χ1n) is 4.24. The second-order valence-electron chi connectivity index (χ2n) is 3.15. The van der Waals surface area contributed by atoms with Crippen molar-refractivity contribution >= 4 is 28.7 Å². The van der Waals surface area contributed by atoms with Crippen LogP contribution in [0.3, 0.4) is 0 Å². The molecule has 0 bridgehead atoms. The van der Waals surface area contributed by atoms with E-state index in [1.54, 1.807) is 0 Å². The van der Waals surface area contributed by atoms with Crippen LogP contribution in [-0.2, 0) is 0 Å². The molecule has 0 aliphatic rings. The number of thiocarbonyl (C=S) groups is 1. The predicted octanol–water partition coefficient (Wildman–Crippen LogP) is 3.13. The van der Waals surface area contributed by atoms with Crippen molar-refractivity contribution in [3.8, 4) is 0 Å². The topological polar surface area (TPSA) is 3.24 Å². The van der Waals surface area contributed by atoms with E-state index in [0.717, 1.165) is 10.4 Å². The SMILES string of the molecule is CN(C)/C=C/C(=S)c1cccc(Cl)c1. The summed E-state index contributed by atoms with van der Waals surface area (Å²) in [7, 11) is 3.91. The molecule has 1 rings (SSSR count). The van der Waals surface area contributed by atoms with Gasteiger partial charge in [-0.1, -0.05) is 36.0 Å². The summed E-state index contributed by atoms with van der Waals surface area (Å²) in [6.45, 7) is 0. The van der Waals surface area contributed by atoms with E-state index in [1.165, 1.54) is 0 Å². The van der Waals surface area contributed by atoms with E-state index in [1.807, 2.05) is 55.5 Å². The molecule has 0 N–H and O–H groups in total. The predicted molar refractivity (Wildman–Crippen MR) is 66.0 cm³/mol. The van der Waals surface area contributed by atoms with Gasteiger partial charge in [-0.2, -0.15) is 0 Å². The van der Waals surface area contributed by atoms with Gasteiger partial charge in [0, 0.05) is 24.0 Å². The number of halogens is 1. The second-order valence-corrected chi connectivity index (χ2v) is 4.03. The lowest BCUT2D eigenvalue weighted by atomic mass is 10.1. The zero-order chi connectivity index (χ0) is 10.6. The fourth-order valence-electron chi connectivity index (χ4n) is 0.955. The molecule has 0 saturated carbocycles. The molecule has 1 aromatic rings. The van der Waals surface area contributed by atoms with E-state index in [4.69, 9.17) is 23.8 Å². The van der Waals surface area contributed by atoms with Gasteiger partial charge in [0.05, 0.1) is 0 Å². The molecule has 0 atom stereocenters. The number of rotatable bonds is 3. The van der Waals surface area contributed by atoms with Gasteiger partial charge in [-0.3, -0.25) is 0 Å². The molecule has 0 spiro atoms. The maximum atomic E-state index is 5.86. The van der Waals surface area contributed by atoms with Crippen LogP contribution < -0.4 is 0 Å². The van der Waals surface area contributed by atoms with Gasteiger partial charge >= 0.3 is 0 Å². The van der Waals surface area contributed by atoms with Gasteiger partial charge in [-0.05, 0) is 30.0 Å². The Morgan fingerprint density at radius 1 is 1.43 bits per heavy atom. The van der Waals surface area contributed by atoms with Gasteiger partial charge in [0.25, 0.3) is 0 Å². The van der Waals surface area contributed by atoms with E-state index in [9.17, 15) is 0 Å². The molecule has 0 radical (unpaired) electrons. The minimum absolute atomic E-state index is 0.711. The van der Waals surface area contributed by atoms with Gasteiger partial charge in [-0.25, -0.2) is 0 Å². The lowest BCUT2D eigenvalue weighted by Gasteiger charge is -2.04. The highest BCUT2D eigenvalue weighted by Crippen LogP contribution is 2.12. The van der Waals surface area contributed by atoms with Crippen molar-refractivity contribution in [3.63, 3.8) is 0 Å². The molecule has 0 aliphatic carbocycles. The third-order valence-corrected chi connectivity index (χ3v) is 2.24. The Labute approximate surface area is 95.0 Å². The second kappa shape index (κ2) is 5.13. The molecule has 0 aliphatic heterocycles. The van der Waals surface area contributed by atoms with E-state index in [0.29, 0.717) is 5.02 Å². The van der Waals surface area contributed by atoms with Crippen LogP contribution in [0.4, 0.5) is 0 Å². The fourth-order valence-corrected chi connectivity index (χ4v) is 1.33. The zero-order valence-corrected chi connectivity index (χ0v) is 9.77. The highest BCUT2D eigenvalue weighted by Gasteiger charge is 1.97. The lowest BCUT2D eigenvalue weighted by Crippen LogP contribution is -2.02. The summed E-state index contributed by atoms with van der Waals surface area (Å²) in [4.78, 5) is 2.73. The zero-order valence-electron chi connectivity index (χ0n) is 8.20. The maximum Gasteiger partial charge on any atom is 0.0464 e. The summed E-state index contributed by atoms with van der Waals surface area (Å²) >= 11 is 11.1. The van der Waals surface area contributed by atoms with Crippen LogP contribution in [0, 0.1) is 0 Å². The Morgan fingerprint density at radius 2 is 2.14 bits per heavy atom. The van der Waals surface area contributed by atoms with Gasteiger partial charge < -0.3 is 4.90 Å². The summed E-state index contributed by atoms with van der Waals surface area (Å²) in [6.07, 6.45) is 3.81. The van der Waals surface area contributed by atoms with E-state index in [-0.39, 0.29) is 0 Å². The monoisotopic (exact) mass is 225 g/mol. The van der Waals surface area contributed by atoms with Gasteiger partial charge in [0.15, 0.2) is 0 Å². The van der Waals surface area contributed by atoms with Crippen LogP contribution in [0.2, 0.25) is 5.02 Å². The minimum Gasteiger partial charge on any atom is -0.383 e. The molecule has 0 unspecified atom stereocenters. The molecule has 74 valence electrons. The van der Waals surface area contributed by atoms with Crippen LogP contribution in [0.25, 0.3) is 0 Å². The van der Waals surface area contributed by atoms with Crippen LogP contribution in [0.1, 0.15) is 5.56 Å².